The zero-order valence-corrected chi connectivity index (χ0v) is 76.6. The van der Waals surface area contributed by atoms with Gasteiger partial charge in [-0.15, -0.1) is 0 Å². The number of oxime groups is 1. The molecule has 0 aromatic carbocycles. The summed E-state index contributed by atoms with van der Waals surface area (Å²) < 4.78 is 87.6. The number of hydrogen-bond acceptors (Lipinski definition) is 24. The lowest BCUT2D eigenvalue weighted by Crippen LogP contribution is -2.46. The van der Waals surface area contributed by atoms with Gasteiger partial charge in [-0.1, -0.05) is 123 Å². The summed E-state index contributed by atoms with van der Waals surface area (Å²) in [6, 6.07) is 0. The number of aliphatic hydroxyl groups excluding tert-OH is 4. The molecule has 0 bridgehead atoms. The molecule has 0 aromatic rings. The van der Waals surface area contributed by atoms with Crippen molar-refractivity contribution in [3.63, 3.8) is 0 Å². The molecule has 0 rings (SSSR count). The smallest absolute Gasteiger partial charge is 0.390 e. The maximum absolute atomic E-state index is 12.3. The monoisotopic (exact) mass is 1650 g/mol. The Morgan fingerprint density at radius 2 is 0.569 bits per heavy atom. The summed E-state index contributed by atoms with van der Waals surface area (Å²) in [5, 5.41) is 47.8. The van der Waals surface area contributed by atoms with Crippen molar-refractivity contribution >= 4 is 71.8 Å². The van der Waals surface area contributed by atoms with Gasteiger partial charge in [0.1, 0.15) is 41.6 Å². The van der Waals surface area contributed by atoms with Gasteiger partial charge in [0.25, 0.3) is 0 Å². The third-order valence-electron chi connectivity index (χ3n) is 15.0. The standard InChI is InChI=1S/C21H41O7P.C20H39O7P.C18H37N2O7P.C17H35O6P/c1-19(2,3)14-10-12-16(22)11-9-13-17(23)18(24)21(7,8)15-27-29(25,26)28-20(4,5)6;1-18(2,3)13-12-15(21)10-9-11-16(22)17(23)20(7,8)14-26-28(24,25)27-19(4,5)6;1-13(20-26-16(2,3)4)10-11-19-15(22)14(21)18(8,9)12-25-28(23,24)27-17(5,6)7;1-15(2,3)11-9-10-13(18)14(19)17(7,8)12-22-24(20,21)23-16(4,5)6/h18,24H,9-15H2,1-8H3,(H,25,26);17,23H,9-14H2,1-8H3,(H,24,25);14,21H,10-12H2,1-9H3,(H,19,22)(H,23,24);14,19H,9-12H2,1-8H3,(H,20,21)/b;;20-13+;. The summed E-state index contributed by atoms with van der Waals surface area (Å²) in [6.07, 6.45) is 1.98. The Labute approximate surface area is 655 Å². The number of hydrogen-bond donors (Lipinski definition) is 9. The Hall–Kier alpha value is -2.43. The summed E-state index contributed by atoms with van der Waals surface area (Å²) in [5.41, 5.74) is -6.97. The van der Waals surface area contributed by atoms with Crippen LogP contribution in [0.5, 0.6) is 0 Å². The molecule has 0 fully saturated rings. The largest absolute Gasteiger partial charge is 0.472 e. The van der Waals surface area contributed by atoms with Crippen LogP contribution in [0.15, 0.2) is 5.16 Å². The van der Waals surface area contributed by atoms with Crippen LogP contribution in [0.2, 0.25) is 0 Å². The zero-order chi connectivity index (χ0) is 87.3. The number of ketones is 5. The van der Waals surface area contributed by atoms with Crippen LogP contribution in [-0.2, 0) is 88.1 Å². The zero-order valence-electron chi connectivity index (χ0n) is 73.0. The van der Waals surface area contributed by atoms with Crippen molar-refractivity contribution in [2.45, 2.75) is 377 Å². The van der Waals surface area contributed by atoms with E-state index in [4.69, 9.17) is 41.0 Å². The van der Waals surface area contributed by atoms with Gasteiger partial charge in [-0.3, -0.25) is 65.0 Å². The molecule has 0 aliphatic rings. The number of phosphoric acid groups is 4. The molecule has 0 spiro atoms. The first kappa shape index (κ1) is 113. The summed E-state index contributed by atoms with van der Waals surface area (Å²) in [7, 11) is -17.2. The Morgan fingerprint density at radius 1 is 0.330 bits per heavy atom. The Bertz CT molecular complexity index is 3000. The van der Waals surface area contributed by atoms with Crippen molar-refractivity contribution in [2.24, 2.45) is 43.1 Å². The molecule has 29 nitrogen and oxygen atoms in total. The van der Waals surface area contributed by atoms with E-state index in [0.29, 0.717) is 57.1 Å². The van der Waals surface area contributed by atoms with Gasteiger partial charge in [-0.05, 0) is 172 Å². The number of carbonyl (C=O) groups excluding carboxylic acids is 6. The number of nitrogens with one attached hydrogen (secondary N) is 1. The first-order valence-electron chi connectivity index (χ1n) is 37.5. The maximum atomic E-state index is 12.3. The van der Waals surface area contributed by atoms with Crippen LogP contribution in [0.1, 0.15) is 325 Å². The Balaban J connectivity index is -0.000000676. The molecule has 0 radical (unpaired) electrons. The van der Waals surface area contributed by atoms with Crippen molar-refractivity contribution in [3.05, 3.63) is 0 Å². The third kappa shape index (κ3) is 63.5. The molecule has 109 heavy (non-hydrogen) atoms. The number of nitrogens with zero attached hydrogens (tertiary/aromatic N) is 1. The number of rotatable bonds is 44. The minimum Gasteiger partial charge on any atom is -0.390 e. The molecule has 33 heteroatoms. The first-order chi connectivity index (χ1) is 48.0. The molecule has 648 valence electrons. The average molecular weight is 1650 g/mol. The highest BCUT2D eigenvalue weighted by Gasteiger charge is 2.43. The highest BCUT2D eigenvalue weighted by atomic mass is 31.2. The molecular formula is C76H152N2O27P4. The van der Waals surface area contributed by atoms with Crippen LogP contribution < -0.4 is 5.32 Å². The van der Waals surface area contributed by atoms with Crippen molar-refractivity contribution in [1.82, 2.24) is 5.32 Å². The summed E-state index contributed by atoms with van der Waals surface area (Å²) in [5.74, 6) is -1.48. The first-order valence-corrected chi connectivity index (χ1v) is 43.5. The predicted molar refractivity (Wildman–Crippen MR) is 425 cm³/mol. The van der Waals surface area contributed by atoms with E-state index in [1.54, 1.807) is 145 Å². The van der Waals surface area contributed by atoms with E-state index < -0.39 is 123 Å². The van der Waals surface area contributed by atoms with E-state index in [1.165, 1.54) is 0 Å². The van der Waals surface area contributed by atoms with Gasteiger partial charge >= 0.3 is 31.3 Å². The lowest BCUT2D eigenvalue weighted by molar-refractivity contribution is -0.137. The van der Waals surface area contributed by atoms with Crippen LogP contribution >= 0.6 is 31.3 Å². The minimum atomic E-state index is -4.31. The molecule has 8 atom stereocenters. The minimum absolute atomic E-state index is 0.0706. The van der Waals surface area contributed by atoms with Crippen LogP contribution in [0.4, 0.5) is 0 Å². The number of phosphoric ester groups is 4. The second-order valence-corrected chi connectivity index (χ2v) is 45.0. The van der Waals surface area contributed by atoms with Crippen LogP contribution in [0.3, 0.4) is 0 Å². The van der Waals surface area contributed by atoms with E-state index in [2.05, 4.69) is 72.8 Å². The van der Waals surface area contributed by atoms with Crippen molar-refractivity contribution in [3.8, 4) is 0 Å². The van der Waals surface area contributed by atoms with Gasteiger partial charge in [-0.2, -0.15) is 0 Å². The van der Waals surface area contributed by atoms with Crippen LogP contribution in [-0.4, -0.2) is 166 Å². The SMILES string of the molecule is C/C(CCNC(=O)C(O)C(C)(C)COP(=O)(O)OC(C)(C)C)=N\OC(C)(C)C.CC(C)(C)CCC(=O)CCCC(=O)C(O)C(C)(C)COP(=O)(O)OC(C)(C)C.CC(C)(C)CCCC(=O)C(O)C(C)(C)COP(=O)(O)OC(C)(C)C.CC(C)(C)CCCC(=O)CCCC(=O)C(O)C(C)(C)COP(=O)(O)OC(C)(C)C. The fraction of sp³-hybridized carbons (Fsp3) is 0.908. The molecule has 0 aromatic heterocycles. The van der Waals surface area contributed by atoms with Gasteiger partial charge in [-0.25, -0.2) is 18.3 Å². The second kappa shape index (κ2) is 46.5. The number of Topliss-reactive ketones (excluding diaryl/α,β-unsaturated/α-hetero) is 5. The molecule has 9 N–H and O–H groups in total. The molecule has 0 aliphatic carbocycles. The molecule has 0 saturated heterocycles. The highest BCUT2D eigenvalue weighted by Crippen LogP contribution is 2.52. The van der Waals surface area contributed by atoms with E-state index >= 15 is 0 Å². The molecule has 1 amide bonds. The van der Waals surface area contributed by atoms with Gasteiger partial charge in [0, 0.05) is 79.6 Å². The number of amides is 1. The maximum Gasteiger partial charge on any atom is 0.472 e. The summed E-state index contributed by atoms with van der Waals surface area (Å²) >= 11 is 0. The summed E-state index contributed by atoms with van der Waals surface area (Å²) in [4.78, 5) is 117. The van der Waals surface area contributed by atoms with E-state index in [9.17, 15) is 87.0 Å². The Morgan fingerprint density at radius 3 is 0.826 bits per heavy atom. The summed E-state index contributed by atoms with van der Waals surface area (Å²) in [6.45, 7) is 57.4. The molecule has 0 aliphatic heterocycles. The quantitative estimate of drug-likeness (QED) is 0.0155. The highest BCUT2D eigenvalue weighted by molar-refractivity contribution is 7.48. The van der Waals surface area contributed by atoms with Crippen LogP contribution in [0.25, 0.3) is 0 Å². The lowest BCUT2D eigenvalue weighted by Gasteiger charge is -2.31. The topological polar surface area (TPSA) is 440 Å². The predicted octanol–water partition coefficient (Wildman–Crippen LogP) is 16.4. The van der Waals surface area contributed by atoms with E-state index in [0.717, 1.165) is 25.7 Å². The fourth-order valence-electron chi connectivity index (χ4n) is 8.89. The van der Waals surface area contributed by atoms with Gasteiger partial charge in [0.2, 0.25) is 5.91 Å². The van der Waals surface area contributed by atoms with Crippen molar-refractivity contribution in [2.75, 3.05) is 33.0 Å². The number of aliphatic hydroxyl groups is 4. The van der Waals surface area contributed by atoms with Gasteiger partial charge in [0.05, 0.1) is 54.5 Å². The van der Waals surface area contributed by atoms with E-state index in [-0.39, 0.29) is 85.8 Å². The normalized spacial score (nSPS) is 16.8. The molecule has 8 unspecified atom stereocenters. The fourth-order valence-corrected chi connectivity index (χ4v) is 13.8. The van der Waals surface area contributed by atoms with Crippen LogP contribution in [0, 0.1) is 37.9 Å². The Kier molecular flexibility index (Phi) is 48.2. The lowest BCUT2D eigenvalue weighted by atomic mass is 9.83. The number of carbonyl (C=O) groups is 6. The van der Waals surface area contributed by atoms with Crippen molar-refractivity contribution < 1.29 is 128 Å². The van der Waals surface area contributed by atoms with E-state index in [1.807, 2.05) is 20.8 Å². The average Bonchev–Trinajstić information content (AvgIpc) is 0.853. The van der Waals surface area contributed by atoms with Crippen molar-refractivity contribution in [1.29, 1.82) is 0 Å². The molecular weight excluding hydrogens is 1500 g/mol. The van der Waals surface area contributed by atoms with Gasteiger partial charge in [0.15, 0.2) is 17.3 Å². The van der Waals surface area contributed by atoms with Gasteiger partial charge < -0.3 is 50.2 Å². The third-order valence-corrected chi connectivity index (χ3v) is 19.9. The molecule has 0 saturated carbocycles. The molecule has 0 heterocycles. The second-order valence-electron chi connectivity index (χ2n) is 39.5.